The number of hydrogen-bond donors (Lipinski definition) is 1. The Kier molecular flexibility index (Phi) is 6.77. The minimum absolute atomic E-state index is 0.125. The van der Waals surface area contributed by atoms with Gasteiger partial charge in [-0.05, 0) is 17.7 Å². The number of anilines is 2. The number of carbonyl (C=O) groups is 1. The van der Waals surface area contributed by atoms with E-state index >= 15 is 0 Å². The number of carbonyl (C=O) groups excluding carboxylic acids is 1. The highest BCUT2D eigenvalue weighted by Gasteiger charge is 2.35. The standard InChI is InChI=1S/C26H26ClN7O3/c1-4-22(35)33-12-18(21(15-33)37-3)13-34-24-17(10-19(25(34)36)16-8-6-5-7-9-16)11-28-26(30-24)29-20-14-32(2)31-23(20)27/h4-11,14,18,21H,1,12-13,15H2,2-3H3,(H,28,29,30)/t18-,21+/m0/s1. The summed E-state index contributed by atoms with van der Waals surface area (Å²) in [6.07, 6.45) is 4.45. The number of likely N-dealkylation sites (tertiary alicyclic amines) is 1. The van der Waals surface area contributed by atoms with Crippen molar-refractivity contribution in [2.24, 2.45) is 13.0 Å². The van der Waals surface area contributed by atoms with Crippen molar-refractivity contribution in [2.75, 3.05) is 25.5 Å². The average molecular weight is 520 g/mol. The van der Waals surface area contributed by atoms with Crippen molar-refractivity contribution in [3.63, 3.8) is 0 Å². The molecule has 1 fully saturated rings. The Morgan fingerprint density at radius 2 is 2.08 bits per heavy atom. The van der Waals surface area contributed by atoms with Crippen molar-refractivity contribution in [1.82, 2.24) is 29.2 Å². The molecule has 4 aromatic rings. The molecule has 37 heavy (non-hydrogen) atoms. The maximum absolute atomic E-state index is 13.9. The third-order valence-corrected chi connectivity index (χ3v) is 6.81. The molecule has 1 aromatic carbocycles. The van der Waals surface area contributed by atoms with Crippen LogP contribution in [0.3, 0.4) is 0 Å². The molecule has 3 aromatic heterocycles. The first-order valence-electron chi connectivity index (χ1n) is 11.7. The van der Waals surface area contributed by atoms with Crippen molar-refractivity contribution in [3.05, 3.63) is 77.0 Å². The van der Waals surface area contributed by atoms with Gasteiger partial charge in [-0.15, -0.1) is 0 Å². The van der Waals surface area contributed by atoms with Crippen molar-refractivity contribution in [1.29, 1.82) is 0 Å². The van der Waals surface area contributed by atoms with Crippen LogP contribution in [0.15, 0.2) is 66.2 Å². The second-order valence-corrected chi connectivity index (χ2v) is 9.28. The van der Waals surface area contributed by atoms with Gasteiger partial charge in [0.1, 0.15) is 5.65 Å². The first-order chi connectivity index (χ1) is 17.9. The Labute approximate surface area is 218 Å². The molecule has 1 saturated heterocycles. The number of methoxy groups -OCH3 is 1. The summed E-state index contributed by atoms with van der Waals surface area (Å²) in [5, 5.41) is 8.18. The SMILES string of the molecule is C=CC(=O)N1C[C@@H](Cn2c(=O)c(-c3ccccc3)cc3cnc(Nc4cn(C)nc4Cl)nc32)[C@H](OC)C1. The number of amides is 1. The normalized spacial score (nSPS) is 17.3. The van der Waals surface area contributed by atoms with Gasteiger partial charge in [-0.2, -0.15) is 10.1 Å². The van der Waals surface area contributed by atoms with Gasteiger partial charge in [-0.3, -0.25) is 18.8 Å². The van der Waals surface area contributed by atoms with Crippen LogP contribution in [0, 0.1) is 5.92 Å². The Bertz CT molecular complexity index is 1530. The molecule has 2 atom stereocenters. The maximum atomic E-state index is 13.9. The lowest BCUT2D eigenvalue weighted by atomic mass is 10.0. The molecular weight excluding hydrogens is 494 g/mol. The van der Waals surface area contributed by atoms with E-state index in [0.717, 1.165) is 5.56 Å². The Balaban J connectivity index is 1.61. The third-order valence-electron chi connectivity index (χ3n) is 6.53. The lowest BCUT2D eigenvalue weighted by molar-refractivity contribution is -0.125. The zero-order valence-corrected chi connectivity index (χ0v) is 21.2. The zero-order chi connectivity index (χ0) is 26.1. The molecule has 0 unspecified atom stereocenters. The third kappa shape index (κ3) is 4.85. The molecule has 4 heterocycles. The lowest BCUT2D eigenvalue weighted by Gasteiger charge is -2.20. The molecule has 0 spiro atoms. The number of nitrogens with one attached hydrogen (secondary N) is 1. The summed E-state index contributed by atoms with van der Waals surface area (Å²) >= 11 is 6.20. The predicted octanol–water partition coefficient (Wildman–Crippen LogP) is 3.25. The van der Waals surface area contributed by atoms with Crippen LogP contribution in [-0.2, 0) is 23.1 Å². The van der Waals surface area contributed by atoms with Gasteiger partial charge in [0.25, 0.3) is 5.56 Å². The fourth-order valence-corrected chi connectivity index (χ4v) is 4.92. The van der Waals surface area contributed by atoms with E-state index in [4.69, 9.17) is 16.3 Å². The number of rotatable bonds is 7. The number of benzene rings is 1. The molecule has 1 N–H and O–H groups in total. The Morgan fingerprint density at radius 1 is 1.30 bits per heavy atom. The van der Waals surface area contributed by atoms with E-state index in [2.05, 4.69) is 27.0 Å². The van der Waals surface area contributed by atoms with E-state index in [9.17, 15) is 9.59 Å². The number of fused-ring (bicyclic) bond motifs is 1. The number of nitrogens with zero attached hydrogens (tertiary/aromatic N) is 6. The molecule has 0 radical (unpaired) electrons. The summed E-state index contributed by atoms with van der Waals surface area (Å²) in [5.41, 5.74) is 2.16. The van der Waals surface area contributed by atoms with Crippen LogP contribution in [0.5, 0.6) is 0 Å². The zero-order valence-electron chi connectivity index (χ0n) is 20.5. The lowest BCUT2D eigenvalue weighted by Crippen LogP contribution is -2.32. The van der Waals surface area contributed by atoms with Crippen LogP contribution < -0.4 is 10.9 Å². The number of pyridine rings is 1. The molecule has 10 nitrogen and oxygen atoms in total. The minimum atomic E-state index is -0.236. The van der Waals surface area contributed by atoms with E-state index in [1.807, 2.05) is 30.3 Å². The highest BCUT2D eigenvalue weighted by Crippen LogP contribution is 2.27. The van der Waals surface area contributed by atoms with Crippen molar-refractivity contribution >= 4 is 40.2 Å². The molecular formula is C26H26ClN7O3. The van der Waals surface area contributed by atoms with Crippen LogP contribution in [0.25, 0.3) is 22.2 Å². The molecule has 0 bridgehead atoms. The van der Waals surface area contributed by atoms with Crippen LogP contribution in [0.4, 0.5) is 11.6 Å². The van der Waals surface area contributed by atoms with Crippen LogP contribution >= 0.6 is 11.6 Å². The van der Waals surface area contributed by atoms with Crippen molar-refractivity contribution < 1.29 is 9.53 Å². The highest BCUT2D eigenvalue weighted by molar-refractivity contribution is 6.32. The van der Waals surface area contributed by atoms with Crippen LogP contribution in [-0.4, -0.2) is 61.4 Å². The number of hydrogen-bond acceptors (Lipinski definition) is 7. The first-order valence-corrected chi connectivity index (χ1v) is 12.1. The quantitative estimate of drug-likeness (QED) is 0.373. The highest BCUT2D eigenvalue weighted by atomic mass is 35.5. The summed E-state index contributed by atoms with van der Waals surface area (Å²) in [7, 11) is 3.37. The average Bonchev–Trinajstić information content (AvgIpc) is 3.47. The molecule has 1 amide bonds. The minimum Gasteiger partial charge on any atom is -0.379 e. The van der Waals surface area contributed by atoms with Crippen molar-refractivity contribution in [2.45, 2.75) is 12.6 Å². The Morgan fingerprint density at radius 3 is 2.76 bits per heavy atom. The molecule has 5 rings (SSSR count). The molecule has 11 heteroatoms. The molecule has 1 aliphatic rings. The number of halogens is 1. The second-order valence-electron chi connectivity index (χ2n) is 8.93. The number of aromatic nitrogens is 5. The van der Waals surface area contributed by atoms with Crippen LogP contribution in [0.1, 0.15) is 0 Å². The monoisotopic (exact) mass is 519 g/mol. The summed E-state index contributed by atoms with van der Waals surface area (Å²) in [6.45, 7) is 4.76. The molecule has 0 saturated carbocycles. The fourth-order valence-electron chi connectivity index (χ4n) is 4.71. The van der Waals surface area contributed by atoms with Gasteiger partial charge >= 0.3 is 0 Å². The smallest absolute Gasteiger partial charge is 0.260 e. The van der Waals surface area contributed by atoms with Gasteiger partial charge in [-0.25, -0.2) is 4.98 Å². The summed E-state index contributed by atoms with van der Waals surface area (Å²) < 4.78 is 8.92. The predicted molar refractivity (Wildman–Crippen MR) is 142 cm³/mol. The largest absolute Gasteiger partial charge is 0.379 e. The maximum Gasteiger partial charge on any atom is 0.260 e. The van der Waals surface area contributed by atoms with E-state index in [1.54, 1.807) is 46.8 Å². The van der Waals surface area contributed by atoms with Gasteiger partial charge in [-0.1, -0.05) is 48.5 Å². The van der Waals surface area contributed by atoms with Gasteiger partial charge in [0.15, 0.2) is 5.15 Å². The molecule has 1 aliphatic heterocycles. The summed E-state index contributed by atoms with van der Waals surface area (Å²) in [5.74, 6) is -0.0110. The van der Waals surface area contributed by atoms with E-state index in [1.165, 1.54) is 6.08 Å². The Hall–Kier alpha value is -4.02. The van der Waals surface area contributed by atoms with Gasteiger partial charge < -0.3 is 15.0 Å². The molecule has 0 aliphatic carbocycles. The fraction of sp³-hybridized carbons (Fsp3) is 0.269. The van der Waals surface area contributed by atoms with Gasteiger partial charge in [0.05, 0.1) is 11.8 Å². The van der Waals surface area contributed by atoms with Gasteiger partial charge in [0, 0.05) is 63.1 Å². The molecule has 190 valence electrons. The van der Waals surface area contributed by atoms with Crippen LogP contribution in [0.2, 0.25) is 5.15 Å². The van der Waals surface area contributed by atoms with E-state index < -0.39 is 0 Å². The number of aryl methyl sites for hydroxylation is 1. The second kappa shape index (κ2) is 10.2. The summed E-state index contributed by atoms with van der Waals surface area (Å²) in [6, 6.07) is 11.3. The van der Waals surface area contributed by atoms with Crippen molar-refractivity contribution in [3.8, 4) is 11.1 Å². The first kappa shape index (κ1) is 24.7. The summed E-state index contributed by atoms with van der Waals surface area (Å²) in [4.78, 5) is 37.0. The van der Waals surface area contributed by atoms with E-state index in [-0.39, 0.29) is 34.6 Å². The van der Waals surface area contributed by atoms with E-state index in [0.29, 0.717) is 41.9 Å². The topological polar surface area (TPSA) is 107 Å². The van der Waals surface area contributed by atoms with Gasteiger partial charge in [0.2, 0.25) is 11.9 Å². The number of ether oxygens (including phenoxy) is 1.